The predicted molar refractivity (Wildman–Crippen MR) is 282 cm³/mol. The normalized spacial score (nSPS) is 11.3. The van der Waals surface area contributed by atoms with E-state index in [1.165, 1.54) is 13.8 Å². The van der Waals surface area contributed by atoms with Gasteiger partial charge < -0.3 is 20.0 Å². The number of aromatic nitrogens is 2. The molecule has 4 aromatic rings. The maximum atomic E-state index is 14.0. The molecule has 2 amide bonds. The zero-order chi connectivity index (χ0) is 52.4. The number of carbonyl (C=O) groups is 2. The third kappa shape index (κ3) is 15.8. The molecule has 0 radical (unpaired) electrons. The summed E-state index contributed by atoms with van der Waals surface area (Å²) < 4.78 is 2.03. The van der Waals surface area contributed by atoms with Gasteiger partial charge in [0, 0.05) is 50.4 Å². The van der Waals surface area contributed by atoms with Crippen LogP contribution in [0.1, 0.15) is 186 Å². The fraction of sp³-hybridized carbons (Fsp3) is 0.536. The van der Waals surface area contributed by atoms with Gasteiger partial charge in [-0.15, -0.1) is 20.5 Å². The molecule has 16 heteroatoms. The predicted octanol–water partition coefficient (Wildman–Crippen LogP) is 13.3. The zero-order valence-corrected chi connectivity index (χ0v) is 43.6. The van der Waals surface area contributed by atoms with Gasteiger partial charge in [-0.3, -0.25) is 28.3 Å². The highest BCUT2D eigenvalue weighted by Gasteiger charge is 2.24. The molecule has 0 bridgehead atoms. The largest absolute Gasteiger partial charge is 0.493 e. The van der Waals surface area contributed by atoms with E-state index in [0.717, 1.165) is 112 Å². The number of hydrogen-bond acceptors (Lipinski definition) is 12. The highest BCUT2D eigenvalue weighted by molar-refractivity contribution is 5.99. The Balaban J connectivity index is 1.59. The van der Waals surface area contributed by atoms with Gasteiger partial charge in [0.15, 0.2) is 11.4 Å². The third-order valence-corrected chi connectivity index (χ3v) is 13.0. The van der Waals surface area contributed by atoms with E-state index in [-0.39, 0.29) is 82.7 Å². The average Bonchev–Trinajstić information content (AvgIpc) is 3.38. The molecule has 2 aromatic heterocycles. The first kappa shape index (κ1) is 57.6. The molecular weight excluding hydrogens is 909 g/mol. The van der Waals surface area contributed by atoms with E-state index in [1.54, 1.807) is 48.5 Å². The highest BCUT2D eigenvalue weighted by Crippen LogP contribution is 2.35. The Labute approximate surface area is 425 Å². The second kappa shape index (κ2) is 30.7. The van der Waals surface area contributed by atoms with Crippen molar-refractivity contribution >= 4 is 34.6 Å². The summed E-state index contributed by atoms with van der Waals surface area (Å²) in [6.07, 6.45) is 16.7. The molecule has 16 nitrogen and oxygen atoms in total. The first-order valence-corrected chi connectivity index (χ1v) is 26.2. The molecule has 0 atom stereocenters. The van der Waals surface area contributed by atoms with E-state index in [2.05, 4.69) is 48.2 Å². The van der Waals surface area contributed by atoms with Crippen molar-refractivity contribution in [3.05, 3.63) is 103 Å². The number of hydrogen-bond donors (Lipinski definition) is 2. The van der Waals surface area contributed by atoms with Crippen LogP contribution in [-0.2, 0) is 13.1 Å². The van der Waals surface area contributed by atoms with Crippen molar-refractivity contribution in [3.8, 4) is 23.9 Å². The van der Waals surface area contributed by atoms with Gasteiger partial charge >= 0.3 is 0 Å². The summed E-state index contributed by atoms with van der Waals surface area (Å²) in [5.41, 5.74) is -0.724. The van der Waals surface area contributed by atoms with Crippen LogP contribution in [0.5, 0.6) is 11.8 Å². The van der Waals surface area contributed by atoms with Gasteiger partial charge in [-0.25, -0.2) is 0 Å². The standard InChI is InChI=1S/C56H76N10O6/c1-7-11-15-23-33-63(34-24-16-12-8-2)51(67)43-29-19-21-31-47(43)59-61-49-41(5)45(39-57)53(69)65(55(49)71)37-27-28-38-66-54(70)46(40-58)42(6)50(56(66)72)62-60-48-32-22-20-30-44(48)52(68)64(35-25-17-13-9-3)36-26-18-14-10-4/h19-22,29-32,71-72H,7-18,23-28,33-38H2,1-6H3/b61-59+,62-60+. The van der Waals surface area contributed by atoms with Crippen LogP contribution in [0.3, 0.4) is 0 Å². The minimum absolute atomic E-state index is 0.111. The lowest BCUT2D eigenvalue weighted by molar-refractivity contribution is 0.0742. The number of aromatic hydroxyl groups is 2. The number of nitrogens with zero attached hydrogens (tertiary/aromatic N) is 10. The van der Waals surface area contributed by atoms with E-state index < -0.39 is 22.9 Å². The SMILES string of the molecule is CCCCCCN(CCCCCC)C(=O)c1ccccc1/N=N/c1c(C)c(C#N)c(=O)n(CCCCn2c(O)c(/N=N/c3ccccc3C(=O)N(CCCCCC)CCCCCC)c(C)c(C#N)c2=O)c1O. The second-order valence-corrected chi connectivity index (χ2v) is 18.5. The van der Waals surface area contributed by atoms with Crippen LogP contribution in [0, 0.1) is 36.5 Å². The Morgan fingerprint density at radius 1 is 0.500 bits per heavy atom. The van der Waals surface area contributed by atoms with Crippen LogP contribution in [-0.4, -0.2) is 67.1 Å². The number of nitriles is 2. The van der Waals surface area contributed by atoms with E-state index in [9.17, 15) is 39.9 Å². The summed E-state index contributed by atoms with van der Waals surface area (Å²) >= 11 is 0. The number of azo groups is 2. The first-order valence-electron chi connectivity index (χ1n) is 26.2. The number of unbranched alkanes of at least 4 members (excludes halogenated alkanes) is 13. The first-order chi connectivity index (χ1) is 34.9. The van der Waals surface area contributed by atoms with Crippen molar-refractivity contribution in [3.63, 3.8) is 0 Å². The molecule has 0 fully saturated rings. The van der Waals surface area contributed by atoms with Gasteiger partial charge in [0.05, 0.1) is 22.5 Å². The van der Waals surface area contributed by atoms with Gasteiger partial charge in [-0.1, -0.05) is 129 Å². The van der Waals surface area contributed by atoms with Gasteiger partial charge in [0.2, 0.25) is 11.8 Å². The molecule has 4 rings (SSSR count). The summed E-state index contributed by atoms with van der Waals surface area (Å²) in [6, 6.07) is 17.6. The highest BCUT2D eigenvalue weighted by atomic mass is 16.3. The monoisotopic (exact) mass is 985 g/mol. The molecule has 72 heavy (non-hydrogen) atoms. The summed E-state index contributed by atoms with van der Waals surface area (Å²) in [4.78, 5) is 59.0. The molecule has 0 aliphatic rings. The Kier molecular flexibility index (Phi) is 24.6. The lowest BCUT2D eigenvalue weighted by Gasteiger charge is -2.23. The molecular formula is C56H76N10O6. The lowest BCUT2D eigenvalue weighted by Crippen LogP contribution is -2.33. The van der Waals surface area contributed by atoms with Gasteiger partial charge in [-0.05, 0) is 76.6 Å². The van der Waals surface area contributed by atoms with E-state index in [4.69, 9.17) is 0 Å². The minimum Gasteiger partial charge on any atom is -0.493 e. The quantitative estimate of drug-likeness (QED) is 0.0364. The van der Waals surface area contributed by atoms with E-state index in [1.807, 2.05) is 21.9 Å². The molecule has 0 saturated heterocycles. The molecule has 0 unspecified atom stereocenters. The van der Waals surface area contributed by atoms with Crippen molar-refractivity contribution in [2.45, 2.75) is 170 Å². The number of rotatable bonds is 31. The van der Waals surface area contributed by atoms with Crippen molar-refractivity contribution in [1.82, 2.24) is 18.9 Å². The van der Waals surface area contributed by atoms with Crippen molar-refractivity contribution in [2.75, 3.05) is 26.2 Å². The van der Waals surface area contributed by atoms with Gasteiger partial charge in [-0.2, -0.15) is 10.5 Å². The molecule has 0 aliphatic heterocycles. The summed E-state index contributed by atoms with van der Waals surface area (Å²) in [5, 5.41) is 60.7. The summed E-state index contributed by atoms with van der Waals surface area (Å²) in [6.45, 7) is 13.8. The van der Waals surface area contributed by atoms with Crippen molar-refractivity contribution < 1.29 is 19.8 Å². The maximum Gasteiger partial charge on any atom is 0.271 e. The Hall–Kier alpha value is -6.94. The molecule has 2 aromatic carbocycles. The van der Waals surface area contributed by atoms with E-state index in [0.29, 0.717) is 37.3 Å². The second-order valence-electron chi connectivity index (χ2n) is 18.5. The minimum atomic E-state index is -0.747. The maximum absolute atomic E-state index is 14.0. The molecule has 2 heterocycles. The van der Waals surface area contributed by atoms with Gasteiger partial charge in [0.25, 0.3) is 22.9 Å². The number of amides is 2. The lowest BCUT2D eigenvalue weighted by atomic mass is 10.1. The third-order valence-electron chi connectivity index (χ3n) is 13.0. The Morgan fingerprint density at radius 2 is 0.819 bits per heavy atom. The molecule has 0 aliphatic carbocycles. The summed E-state index contributed by atoms with van der Waals surface area (Å²) in [7, 11) is 0. The number of pyridine rings is 2. The van der Waals surface area contributed by atoms with Gasteiger partial charge in [0.1, 0.15) is 23.3 Å². The van der Waals surface area contributed by atoms with Crippen LogP contribution in [0.25, 0.3) is 0 Å². The molecule has 386 valence electrons. The molecule has 0 spiro atoms. The van der Waals surface area contributed by atoms with Crippen LogP contribution in [0.15, 0.2) is 78.6 Å². The Bertz CT molecular complexity index is 2480. The van der Waals surface area contributed by atoms with Crippen LogP contribution >= 0.6 is 0 Å². The van der Waals surface area contributed by atoms with E-state index >= 15 is 0 Å². The zero-order valence-electron chi connectivity index (χ0n) is 43.6. The van der Waals surface area contributed by atoms with Crippen molar-refractivity contribution in [2.24, 2.45) is 20.5 Å². The van der Waals surface area contributed by atoms with Crippen LogP contribution in [0.2, 0.25) is 0 Å². The van der Waals surface area contributed by atoms with Crippen LogP contribution in [0.4, 0.5) is 22.7 Å². The number of benzene rings is 2. The molecule has 0 saturated carbocycles. The summed E-state index contributed by atoms with van der Waals surface area (Å²) in [5.74, 6) is -1.40. The Morgan fingerprint density at radius 3 is 1.12 bits per heavy atom. The average molecular weight is 985 g/mol. The fourth-order valence-corrected chi connectivity index (χ4v) is 8.65. The van der Waals surface area contributed by atoms with Crippen LogP contribution < -0.4 is 11.1 Å². The number of carbonyl (C=O) groups excluding carboxylic acids is 2. The fourth-order valence-electron chi connectivity index (χ4n) is 8.65. The molecule has 2 N–H and O–H groups in total. The topological polar surface area (TPSA) is 222 Å². The van der Waals surface area contributed by atoms with Crippen molar-refractivity contribution in [1.29, 1.82) is 10.5 Å². The smallest absolute Gasteiger partial charge is 0.271 e.